The average Bonchev–Trinajstić information content (AvgIpc) is 2.94. The van der Waals surface area contributed by atoms with Crippen LogP contribution in [0.1, 0.15) is 70.2 Å². The molecule has 0 saturated heterocycles. The summed E-state index contributed by atoms with van der Waals surface area (Å²) in [6, 6.07) is 8.12. The predicted octanol–water partition coefficient (Wildman–Crippen LogP) is 5.73. The molecule has 1 aliphatic rings. The lowest BCUT2D eigenvalue weighted by Gasteiger charge is -2.22. The molecule has 0 radical (unpaired) electrons. The summed E-state index contributed by atoms with van der Waals surface area (Å²) in [6.07, 6.45) is 5.28. The maximum Gasteiger partial charge on any atom is 0.347 e. The van der Waals surface area contributed by atoms with Crippen LogP contribution in [-0.4, -0.2) is 46.1 Å². The van der Waals surface area contributed by atoms with Crippen LogP contribution in [0.25, 0.3) is 10.9 Å². The Kier molecular flexibility index (Phi) is 9.51. The molecular formula is C28H31BrN4O7. The molecule has 0 unspecified atom stereocenters. The number of fused-ring (bicyclic) bond motifs is 1. The van der Waals surface area contributed by atoms with E-state index in [1.54, 1.807) is 26.0 Å². The van der Waals surface area contributed by atoms with Crippen LogP contribution < -0.4 is 15.0 Å². The highest BCUT2D eigenvalue weighted by Crippen LogP contribution is 2.39. The first-order valence-corrected chi connectivity index (χ1v) is 14.1. The van der Waals surface area contributed by atoms with Crippen molar-refractivity contribution in [1.82, 2.24) is 9.66 Å². The lowest BCUT2D eigenvalue weighted by molar-refractivity contribution is -0.386. The van der Waals surface area contributed by atoms with Gasteiger partial charge < -0.3 is 14.2 Å². The van der Waals surface area contributed by atoms with Crippen LogP contribution in [0, 0.1) is 10.1 Å². The maximum absolute atomic E-state index is 13.6. The van der Waals surface area contributed by atoms with Gasteiger partial charge in [0.1, 0.15) is 5.82 Å². The fourth-order valence-electron chi connectivity index (χ4n) is 4.71. The SMILES string of the molecule is CCOC(=O)[C@H](C)Oc1c(OCC)cc(C=Nn2c(C3CCCCC3)nc3ccc(Br)cc3c2=O)cc1[N+](=O)[O-]. The third-order valence-electron chi connectivity index (χ3n) is 6.59. The Morgan fingerprint density at radius 1 is 1.23 bits per heavy atom. The molecule has 1 fully saturated rings. The number of ether oxygens (including phenoxy) is 3. The predicted molar refractivity (Wildman–Crippen MR) is 154 cm³/mol. The van der Waals surface area contributed by atoms with E-state index >= 15 is 0 Å². The second-order valence-corrected chi connectivity index (χ2v) is 10.3. The van der Waals surface area contributed by atoms with Gasteiger partial charge in [-0.15, -0.1) is 0 Å². The zero-order valence-corrected chi connectivity index (χ0v) is 24.2. The highest BCUT2D eigenvalue weighted by atomic mass is 79.9. The van der Waals surface area contributed by atoms with Gasteiger partial charge in [0.05, 0.1) is 35.3 Å². The van der Waals surface area contributed by atoms with Crippen molar-refractivity contribution in [3.05, 3.63) is 66.7 Å². The lowest BCUT2D eigenvalue weighted by Crippen LogP contribution is -2.26. The highest BCUT2D eigenvalue weighted by molar-refractivity contribution is 9.10. The van der Waals surface area contributed by atoms with E-state index in [4.69, 9.17) is 19.2 Å². The second-order valence-electron chi connectivity index (χ2n) is 9.40. The zero-order chi connectivity index (χ0) is 28.8. The molecule has 1 aliphatic carbocycles. The number of aromatic nitrogens is 2. The lowest BCUT2D eigenvalue weighted by atomic mass is 9.88. The van der Waals surface area contributed by atoms with E-state index in [0.717, 1.165) is 36.6 Å². The van der Waals surface area contributed by atoms with Gasteiger partial charge in [-0.1, -0.05) is 35.2 Å². The van der Waals surface area contributed by atoms with Crippen molar-refractivity contribution in [2.24, 2.45) is 5.10 Å². The molecule has 0 N–H and O–H groups in total. The Hall–Kier alpha value is -3.80. The number of nitrogens with zero attached hydrogens (tertiary/aromatic N) is 4. The number of hydrogen-bond acceptors (Lipinski definition) is 9. The Morgan fingerprint density at radius 2 is 1.98 bits per heavy atom. The van der Waals surface area contributed by atoms with E-state index in [9.17, 15) is 19.7 Å². The molecular weight excluding hydrogens is 584 g/mol. The molecule has 1 aromatic heterocycles. The van der Waals surface area contributed by atoms with Gasteiger partial charge in [-0.25, -0.2) is 9.78 Å². The van der Waals surface area contributed by atoms with Gasteiger partial charge in [0.2, 0.25) is 5.75 Å². The van der Waals surface area contributed by atoms with E-state index in [1.807, 2.05) is 6.07 Å². The minimum absolute atomic E-state index is 0.0646. The van der Waals surface area contributed by atoms with E-state index < -0.39 is 22.7 Å². The summed E-state index contributed by atoms with van der Waals surface area (Å²) in [5.74, 6) is -0.148. The molecule has 212 valence electrons. The van der Waals surface area contributed by atoms with Crippen LogP contribution >= 0.6 is 15.9 Å². The topological polar surface area (TPSA) is 135 Å². The molecule has 0 aliphatic heterocycles. The van der Waals surface area contributed by atoms with Gasteiger partial charge in [-0.3, -0.25) is 14.9 Å². The van der Waals surface area contributed by atoms with Crippen LogP contribution in [0.3, 0.4) is 0 Å². The number of hydrogen-bond donors (Lipinski definition) is 0. The molecule has 2 aromatic carbocycles. The Morgan fingerprint density at radius 3 is 2.65 bits per heavy atom. The number of carbonyl (C=O) groups excluding carboxylic acids is 1. The van der Waals surface area contributed by atoms with Gasteiger partial charge in [0.15, 0.2) is 11.9 Å². The highest BCUT2D eigenvalue weighted by Gasteiger charge is 2.27. The molecule has 1 atom stereocenters. The first-order chi connectivity index (χ1) is 19.2. The largest absolute Gasteiger partial charge is 0.490 e. The average molecular weight is 615 g/mol. The molecule has 4 rings (SSSR count). The van der Waals surface area contributed by atoms with Crippen LogP contribution in [0.2, 0.25) is 0 Å². The normalized spacial score (nSPS) is 14.8. The minimum Gasteiger partial charge on any atom is -0.490 e. The number of halogens is 1. The van der Waals surface area contributed by atoms with E-state index in [-0.39, 0.29) is 36.2 Å². The smallest absolute Gasteiger partial charge is 0.347 e. The number of rotatable bonds is 10. The van der Waals surface area contributed by atoms with Crippen molar-refractivity contribution in [2.75, 3.05) is 13.2 Å². The monoisotopic (exact) mass is 614 g/mol. The number of nitro benzene ring substituents is 1. The molecule has 3 aromatic rings. The summed E-state index contributed by atoms with van der Waals surface area (Å²) >= 11 is 3.41. The Balaban J connectivity index is 1.81. The maximum atomic E-state index is 13.6. The Labute approximate surface area is 239 Å². The van der Waals surface area contributed by atoms with Crippen molar-refractivity contribution < 1.29 is 23.9 Å². The third kappa shape index (κ3) is 6.49. The van der Waals surface area contributed by atoms with Crippen molar-refractivity contribution in [1.29, 1.82) is 0 Å². The fraction of sp³-hybridized carbons (Fsp3) is 0.429. The number of nitro groups is 1. The molecule has 0 spiro atoms. The third-order valence-corrected chi connectivity index (χ3v) is 7.09. The standard InChI is InChI=1S/C28H31BrN4O7/c1-4-38-24-14-18(13-23(33(36)37)25(24)40-17(3)28(35)39-5-2)16-30-32-26(19-9-7-6-8-10-19)31-22-12-11-20(29)15-21(22)27(32)34/h11-17,19H,4-10H2,1-3H3/t17-/m0/s1. The van der Waals surface area contributed by atoms with Gasteiger partial charge in [-0.05, 0) is 57.9 Å². The van der Waals surface area contributed by atoms with Crippen LogP contribution in [-0.2, 0) is 9.53 Å². The first kappa shape index (κ1) is 29.2. The van der Waals surface area contributed by atoms with Crippen LogP contribution in [0.5, 0.6) is 11.5 Å². The molecule has 0 bridgehead atoms. The summed E-state index contributed by atoms with van der Waals surface area (Å²) < 4.78 is 18.3. The van der Waals surface area contributed by atoms with E-state index in [2.05, 4.69) is 21.0 Å². The van der Waals surface area contributed by atoms with Gasteiger partial charge in [-0.2, -0.15) is 9.78 Å². The summed E-state index contributed by atoms with van der Waals surface area (Å²) in [7, 11) is 0. The molecule has 0 amide bonds. The van der Waals surface area contributed by atoms with E-state index in [0.29, 0.717) is 22.3 Å². The molecule has 11 nitrogen and oxygen atoms in total. The summed E-state index contributed by atoms with van der Waals surface area (Å²) in [4.78, 5) is 41.9. The number of carbonyl (C=O) groups is 1. The molecule has 12 heteroatoms. The Bertz CT molecular complexity index is 1500. The molecule has 40 heavy (non-hydrogen) atoms. The van der Waals surface area contributed by atoms with Crippen molar-refractivity contribution in [2.45, 2.75) is 64.9 Å². The van der Waals surface area contributed by atoms with Crippen molar-refractivity contribution >= 4 is 44.7 Å². The molecule has 1 heterocycles. The van der Waals surface area contributed by atoms with Gasteiger partial charge in [0, 0.05) is 22.0 Å². The van der Waals surface area contributed by atoms with Gasteiger partial charge in [0.25, 0.3) is 5.56 Å². The minimum atomic E-state index is -1.10. The van der Waals surface area contributed by atoms with Crippen molar-refractivity contribution in [3.63, 3.8) is 0 Å². The number of esters is 1. The quantitative estimate of drug-likeness (QED) is 0.122. The fourth-order valence-corrected chi connectivity index (χ4v) is 5.07. The number of benzene rings is 2. The van der Waals surface area contributed by atoms with Crippen LogP contribution in [0.15, 0.2) is 44.7 Å². The van der Waals surface area contributed by atoms with Crippen molar-refractivity contribution in [3.8, 4) is 11.5 Å². The first-order valence-electron chi connectivity index (χ1n) is 13.3. The van der Waals surface area contributed by atoms with E-state index in [1.165, 1.54) is 29.9 Å². The summed E-state index contributed by atoms with van der Waals surface area (Å²) in [6.45, 7) is 5.15. The second kappa shape index (κ2) is 13.0. The summed E-state index contributed by atoms with van der Waals surface area (Å²) in [5.41, 5.74) is 0.156. The zero-order valence-electron chi connectivity index (χ0n) is 22.6. The van der Waals surface area contributed by atoms with Crippen LogP contribution in [0.4, 0.5) is 5.69 Å². The molecule has 1 saturated carbocycles. The summed E-state index contributed by atoms with van der Waals surface area (Å²) in [5, 5.41) is 16.9. The van der Waals surface area contributed by atoms with Gasteiger partial charge >= 0.3 is 11.7 Å².